The Morgan fingerprint density at radius 1 is 1.42 bits per heavy atom. The van der Waals surface area contributed by atoms with Crippen LogP contribution >= 0.6 is 11.3 Å². The molecule has 0 aliphatic heterocycles. The van der Waals surface area contributed by atoms with Gasteiger partial charge in [0.15, 0.2) is 0 Å². The molecule has 0 atom stereocenters. The molecule has 19 heavy (non-hydrogen) atoms. The van der Waals surface area contributed by atoms with E-state index in [0.717, 1.165) is 29.2 Å². The lowest BCUT2D eigenvalue weighted by Crippen LogP contribution is -2.29. The van der Waals surface area contributed by atoms with Crippen molar-refractivity contribution in [1.29, 1.82) is 0 Å². The van der Waals surface area contributed by atoms with Crippen LogP contribution in [-0.4, -0.2) is 22.6 Å². The zero-order chi connectivity index (χ0) is 13.1. The summed E-state index contributed by atoms with van der Waals surface area (Å²) in [5.41, 5.74) is 0.0777. The Hall–Kier alpha value is -1.20. The van der Waals surface area contributed by atoms with E-state index in [1.165, 1.54) is 37.0 Å². The van der Waals surface area contributed by atoms with Crippen molar-refractivity contribution in [2.45, 2.75) is 32.2 Å². The summed E-state index contributed by atoms with van der Waals surface area (Å²) in [6.45, 7) is 2.63. The van der Waals surface area contributed by atoms with Crippen molar-refractivity contribution in [3.05, 3.63) is 28.1 Å². The molecule has 5 heteroatoms. The van der Waals surface area contributed by atoms with Crippen LogP contribution < -0.4 is 10.9 Å². The first-order valence-corrected chi connectivity index (χ1v) is 7.86. The van der Waals surface area contributed by atoms with Gasteiger partial charge in [-0.2, -0.15) is 0 Å². The number of nitrogens with one attached hydrogen (secondary N) is 1. The maximum absolute atomic E-state index is 12.1. The highest BCUT2D eigenvalue weighted by Crippen LogP contribution is 2.23. The maximum Gasteiger partial charge on any atom is 0.262 e. The van der Waals surface area contributed by atoms with E-state index in [2.05, 4.69) is 10.3 Å². The standard InChI is InChI=1S/C14H19N3OS/c18-14-12-5-8-19-13(12)16-10-17(14)7-6-15-9-11-3-1-2-4-11/h5,8,10-11,15H,1-4,6-7,9H2. The molecule has 1 fully saturated rings. The molecule has 3 rings (SSSR count). The fourth-order valence-electron chi connectivity index (χ4n) is 2.77. The van der Waals surface area contributed by atoms with Gasteiger partial charge in [0.2, 0.25) is 0 Å². The molecular formula is C14H19N3OS. The summed E-state index contributed by atoms with van der Waals surface area (Å²) < 4.78 is 1.71. The predicted molar refractivity (Wildman–Crippen MR) is 78.7 cm³/mol. The number of hydrogen-bond acceptors (Lipinski definition) is 4. The van der Waals surface area contributed by atoms with Crippen molar-refractivity contribution < 1.29 is 0 Å². The normalized spacial score (nSPS) is 16.4. The summed E-state index contributed by atoms with van der Waals surface area (Å²) >= 11 is 1.52. The van der Waals surface area contributed by atoms with E-state index in [1.54, 1.807) is 10.9 Å². The minimum Gasteiger partial charge on any atom is -0.315 e. The van der Waals surface area contributed by atoms with E-state index in [4.69, 9.17) is 0 Å². The summed E-state index contributed by atoms with van der Waals surface area (Å²) in [4.78, 5) is 17.3. The van der Waals surface area contributed by atoms with Crippen LogP contribution in [0.2, 0.25) is 0 Å². The van der Waals surface area contributed by atoms with Crippen LogP contribution in [0.4, 0.5) is 0 Å². The molecule has 0 unspecified atom stereocenters. The molecule has 0 spiro atoms. The molecule has 0 amide bonds. The van der Waals surface area contributed by atoms with Gasteiger partial charge < -0.3 is 5.32 Å². The van der Waals surface area contributed by atoms with Crippen LogP contribution in [0.25, 0.3) is 10.2 Å². The maximum atomic E-state index is 12.1. The van der Waals surface area contributed by atoms with Crippen molar-refractivity contribution in [2.75, 3.05) is 13.1 Å². The topological polar surface area (TPSA) is 46.9 Å². The van der Waals surface area contributed by atoms with Crippen molar-refractivity contribution >= 4 is 21.6 Å². The van der Waals surface area contributed by atoms with Crippen LogP contribution in [0.15, 0.2) is 22.6 Å². The summed E-state index contributed by atoms with van der Waals surface area (Å²) in [5.74, 6) is 0.842. The summed E-state index contributed by atoms with van der Waals surface area (Å²) in [7, 11) is 0. The van der Waals surface area contributed by atoms with Crippen molar-refractivity contribution in [3.8, 4) is 0 Å². The quantitative estimate of drug-likeness (QED) is 0.853. The smallest absolute Gasteiger partial charge is 0.262 e. The first kappa shape index (κ1) is 12.8. The zero-order valence-corrected chi connectivity index (χ0v) is 11.8. The largest absolute Gasteiger partial charge is 0.315 e. The molecule has 4 nitrogen and oxygen atoms in total. The average Bonchev–Trinajstić information content (AvgIpc) is 3.08. The number of rotatable bonds is 5. The van der Waals surface area contributed by atoms with E-state index >= 15 is 0 Å². The Balaban J connectivity index is 1.56. The van der Waals surface area contributed by atoms with Crippen LogP contribution in [-0.2, 0) is 6.54 Å². The number of hydrogen-bond donors (Lipinski definition) is 1. The monoisotopic (exact) mass is 277 g/mol. The lowest BCUT2D eigenvalue weighted by Gasteiger charge is -2.11. The van der Waals surface area contributed by atoms with E-state index < -0.39 is 0 Å². The van der Waals surface area contributed by atoms with Crippen LogP contribution in [0, 0.1) is 5.92 Å². The van der Waals surface area contributed by atoms with Gasteiger partial charge in [-0.25, -0.2) is 4.98 Å². The second-order valence-electron chi connectivity index (χ2n) is 5.24. The van der Waals surface area contributed by atoms with E-state index in [9.17, 15) is 4.79 Å². The number of aromatic nitrogens is 2. The van der Waals surface area contributed by atoms with E-state index in [0.29, 0.717) is 6.54 Å². The average molecular weight is 277 g/mol. The van der Waals surface area contributed by atoms with Gasteiger partial charge in [-0.15, -0.1) is 11.3 Å². The fourth-order valence-corrected chi connectivity index (χ4v) is 3.50. The minimum absolute atomic E-state index is 0.0777. The molecule has 2 heterocycles. The van der Waals surface area contributed by atoms with Crippen molar-refractivity contribution in [2.24, 2.45) is 5.92 Å². The van der Waals surface area contributed by atoms with Crippen LogP contribution in [0.1, 0.15) is 25.7 Å². The summed E-state index contributed by atoms with van der Waals surface area (Å²) in [6.07, 6.45) is 7.14. The van der Waals surface area contributed by atoms with E-state index in [1.807, 2.05) is 11.4 Å². The lowest BCUT2D eigenvalue weighted by atomic mass is 10.1. The van der Waals surface area contributed by atoms with Gasteiger partial charge >= 0.3 is 0 Å². The van der Waals surface area contributed by atoms with Gasteiger partial charge in [0, 0.05) is 13.1 Å². The molecule has 2 aromatic rings. The van der Waals surface area contributed by atoms with Gasteiger partial charge in [-0.05, 0) is 36.8 Å². The molecule has 2 aromatic heterocycles. The summed E-state index contributed by atoms with van der Waals surface area (Å²) in [6, 6.07) is 1.86. The Kier molecular flexibility index (Phi) is 3.94. The predicted octanol–water partition coefficient (Wildman–Crippen LogP) is 2.24. The molecule has 102 valence electrons. The van der Waals surface area contributed by atoms with Gasteiger partial charge in [-0.1, -0.05) is 12.8 Å². The molecule has 1 aliphatic rings. The highest BCUT2D eigenvalue weighted by Gasteiger charge is 2.13. The molecular weight excluding hydrogens is 258 g/mol. The number of thiophene rings is 1. The zero-order valence-electron chi connectivity index (χ0n) is 11.0. The Morgan fingerprint density at radius 3 is 3.11 bits per heavy atom. The van der Waals surface area contributed by atoms with Gasteiger partial charge in [0.25, 0.3) is 5.56 Å². The Labute approximate surface area is 116 Å². The number of fused-ring (bicyclic) bond motifs is 1. The molecule has 1 aliphatic carbocycles. The Bertz CT molecular complexity index is 598. The molecule has 0 saturated heterocycles. The molecule has 1 N–H and O–H groups in total. The van der Waals surface area contributed by atoms with Gasteiger partial charge in [-0.3, -0.25) is 9.36 Å². The molecule has 1 saturated carbocycles. The third-order valence-corrected chi connectivity index (χ3v) is 4.71. The third-order valence-electron chi connectivity index (χ3n) is 3.89. The first-order chi connectivity index (χ1) is 9.34. The fraction of sp³-hybridized carbons (Fsp3) is 0.571. The second-order valence-corrected chi connectivity index (χ2v) is 6.13. The highest BCUT2D eigenvalue weighted by atomic mass is 32.1. The minimum atomic E-state index is 0.0777. The van der Waals surface area contributed by atoms with Crippen molar-refractivity contribution in [3.63, 3.8) is 0 Å². The first-order valence-electron chi connectivity index (χ1n) is 6.98. The van der Waals surface area contributed by atoms with Gasteiger partial charge in [0.1, 0.15) is 4.83 Å². The Morgan fingerprint density at radius 2 is 2.26 bits per heavy atom. The number of nitrogens with zero attached hydrogens (tertiary/aromatic N) is 2. The lowest BCUT2D eigenvalue weighted by molar-refractivity contribution is 0.473. The van der Waals surface area contributed by atoms with Crippen LogP contribution in [0.5, 0.6) is 0 Å². The van der Waals surface area contributed by atoms with Gasteiger partial charge in [0.05, 0.1) is 11.7 Å². The highest BCUT2D eigenvalue weighted by molar-refractivity contribution is 7.16. The molecule has 0 aromatic carbocycles. The molecule has 0 bridgehead atoms. The third kappa shape index (κ3) is 2.87. The van der Waals surface area contributed by atoms with E-state index in [-0.39, 0.29) is 5.56 Å². The SMILES string of the molecule is O=c1c2ccsc2ncn1CCNCC1CCCC1. The molecule has 0 radical (unpaired) electrons. The second kappa shape index (κ2) is 5.84. The summed E-state index contributed by atoms with van der Waals surface area (Å²) in [5, 5.41) is 6.12. The van der Waals surface area contributed by atoms with Crippen molar-refractivity contribution in [1.82, 2.24) is 14.9 Å². The van der Waals surface area contributed by atoms with Crippen LogP contribution in [0.3, 0.4) is 0 Å².